The van der Waals surface area contributed by atoms with Crippen molar-refractivity contribution in [1.29, 1.82) is 0 Å². The SMILES string of the molecule is O=C(NC1CN2CCC1CC2)c1n[nH]c2cc(C3=CCOCC3)ccc12. The molecule has 2 aromatic rings. The number of carbonyl (C=O) groups excluding carboxylic acids is 1. The highest BCUT2D eigenvalue weighted by atomic mass is 16.5. The molecule has 0 aliphatic carbocycles. The van der Waals surface area contributed by atoms with Crippen LogP contribution in [0.2, 0.25) is 0 Å². The topological polar surface area (TPSA) is 70.2 Å². The molecule has 1 atom stereocenters. The maximum Gasteiger partial charge on any atom is 0.272 e. The van der Waals surface area contributed by atoms with E-state index in [9.17, 15) is 4.79 Å². The minimum Gasteiger partial charge on any atom is -0.377 e. The zero-order valence-electron chi connectivity index (χ0n) is 14.8. The van der Waals surface area contributed by atoms with Crippen LogP contribution in [0.3, 0.4) is 0 Å². The van der Waals surface area contributed by atoms with Gasteiger partial charge in [-0.2, -0.15) is 5.10 Å². The highest BCUT2D eigenvalue weighted by molar-refractivity contribution is 6.05. The molecule has 6 nitrogen and oxygen atoms in total. The Labute approximate surface area is 152 Å². The number of piperidine rings is 3. The van der Waals surface area contributed by atoms with Crippen molar-refractivity contribution >= 4 is 22.4 Å². The third-order valence-electron chi connectivity index (χ3n) is 6.08. The van der Waals surface area contributed by atoms with Gasteiger partial charge in [-0.15, -0.1) is 0 Å². The summed E-state index contributed by atoms with van der Waals surface area (Å²) in [5, 5.41) is 11.5. The normalized spacial score (nSPS) is 28.2. The van der Waals surface area contributed by atoms with E-state index in [2.05, 4.69) is 38.6 Å². The van der Waals surface area contributed by atoms with Crippen molar-refractivity contribution in [3.63, 3.8) is 0 Å². The quantitative estimate of drug-likeness (QED) is 0.888. The number of nitrogens with one attached hydrogen (secondary N) is 2. The standard InChI is InChI=1S/C20H24N4O2/c25-20(21-18-12-24-7-3-14(18)4-8-24)19-16-2-1-15(11-17(16)22-23-19)13-5-9-26-10-6-13/h1-2,5,11,14,18H,3-4,6-10,12H2,(H,21,25)(H,22,23). The second-order valence-electron chi connectivity index (χ2n) is 7.60. The lowest BCUT2D eigenvalue weighted by molar-refractivity contribution is 0.0618. The Morgan fingerprint density at radius 1 is 1.31 bits per heavy atom. The first-order valence-electron chi connectivity index (χ1n) is 9.56. The zero-order valence-corrected chi connectivity index (χ0v) is 14.8. The van der Waals surface area contributed by atoms with Crippen molar-refractivity contribution in [2.24, 2.45) is 5.92 Å². The molecule has 4 aliphatic rings. The molecule has 26 heavy (non-hydrogen) atoms. The number of rotatable bonds is 3. The highest BCUT2D eigenvalue weighted by Gasteiger charge is 2.35. The predicted molar refractivity (Wildman–Crippen MR) is 99.9 cm³/mol. The number of carbonyl (C=O) groups is 1. The van der Waals surface area contributed by atoms with Crippen LogP contribution in [-0.4, -0.2) is 59.9 Å². The Morgan fingerprint density at radius 2 is 2.19 bits per heavy atom. The van der Waals surface area contributed by atoms with E-state index in [4.69, 9.17) is 4.74 Å². The summed E-state index contributed by atoms with van der Waals surface area (Å²) in [6, 6.07) is 6.43. The maximum absolute atomic E-state index is 12.8. The molecule has 4 aliphatic heterocycles. The van der Waals surface area contributed by atoms with Crippen molar-refractivity contribution in [1.82, 2.24) is 20.4 Å². The average molecular weight is 352 g/mol. The Bertz CT molecular complexity index is 864. The molecule has 3 fully saturated rings. The van der Waals surface area contributed by atoms with E-state index in [-0.39, 0.29) is 11.9 Å². The number of aromatic amines is 1. The zero-order chi connectivity index (χ0) is 17.5. The molecule has 2 N–H and O–H groups in total. The summed E-state index contributed by atoms with van der Waals surface area (Å²) in [5.74, 6) is 0.550. The Morgan fingerprint density at radius 3 is 2.92 bits per heavy atom. The van der Waals surface area contributed by atoms with Gasteiger partial charge in [0.1, 0.15) is 0 Å². The number of amides is 1. The molecule has 3 saturated heterocycles. The van der Waals surface area contributed by atoms with Crippen LogP contribution in [0.4, 0.5) is 0 Å². The van der Waals surface area contributed by atoms with Crippen LogP contribution in [0.1, 0.15) is 35.3 Å². The molecule has 1 unspecified atom stereocenters. The van der Waals surface area contributed by atoms with E-state index in [1.54, 1.807) is 0 Å². The third kappa shape index (κ3) is 2.83. The van der Waals surface area contributed by atoms with E-state index in [0.29, 0.717) is 18.2 Å². The molecule has 0 radical (unpaired) electrons. The number of benzene rings is 1. The smallest absolute Gasteiger partial charge is 0.272 e. The first-order chi connectivity index (χ1) is 12.8. The number of hydrogen-bond donors (Lipinski definition) is 2. The first kappa shape index (κ1) is 16.0. The lowest BCUT2D eigenvalue weighted by atomic mass is 9.84. The fourth-order valence-electron chi connectivity index (χ4n) is 4.55. The molecule has 6 rings (SSSR count). The second kappa shape index (κ2) is 6.52. The molecular weight excluding hydrogens is 328 g/mol. The number of H-pyrrole nitrogens is 1. The summed E-state index contributed by atoms with van der Waals surface area (Å²) in [6.45, 7) is 4.75. The number of ether oxygens (including phenoxy) is 1. The lowest BCUT2D eigenvalue weighted by Gasteiger charge is -2.44. The summed E-state index contributed by atoms with van der Waals surface area (Å²) in [4.78, 5) is 15.3. The number of nitrogens with zero attached hydrogens (tertiary/aromatic N) is 2. The molecule has 0 spiro atoms. The van der Waals surface area contributed by atoms with Gasteiger partial charge in [0.05, 0.1) is 18.7 Å². The number of hydrogen-bond acceptors (Lipinski definition) is 4. The fourth-order valence-corrected chi connectivity index (χ4v) is 4.55. The molecule has 5 heterocycles. The molecule has 1 aromatic carbocycles. The van der Waals surface area contributed by atoms with Crippen LogP contribution in [0.25, 0.3) is 16.5 Å². The van der Waals surface area contributed by atoms with Crippen molar-refractivity contribution < 1.29 is 9.53 Å². The van der Waals surface area contributed by atoms with Crippen LogP contribution in [-0.2, 0) is 4.74 Å². The Hall–Kier alpha value is -2.18. The summed E-state index contributed by atoms with van der Waals surface area (Å²) in [6.07, 6.45) is 5.43. The van der Waals surface area contributed by atoms with Crippen molar-refractivity contribution in [3.05, 3.63) is 35.5 Å². The monoisotopic (exact) mass is 352 g/mol. The van der Waals surface area contributed by atoms with Gasteiger partial charge in [0.15, 0.2) is 5.69 Å². The van der Waals surface area contributed by atoms with Gasteiger partial charge in [-0.1, -0.05) is 12.1 Å². The van der Waals surface area contributed by atoms with Gasteiger partial charge in [-0.25, -0.2) is 0 Å². The summed E-state index contributed by atoms with van der Waals surface area (Å²) in [5.41, 5.74) is 3.89. The summed E-state index contributed by atoms with van der Waals surface area (Å²) < 4.78 is 5.38. The molecule has 1 amide bonds. The van der Waals surface area contributed by atoms with Crippen LogP contribution in [0.15, 0.2) is 24.3 Å². The number of aromatic nitrogens is 2. The molecule has 0 saturated carbocycles. The van der Waals surface area contributed by atoms with Crippen molar-refractivity contribution in [3.8, 4) is 0 Å². The lowest BCUT2D eigenvalue weighted by Crippen LogP contribution is -2.57. The molecular formula is C20H24N4O2. The first-order valence-corrected chi connectivity index (χ1v) is 9.56. The fraction of sp³-hybridized carbons (Fsp3) is 0.500. The minimum atomic E-state index is -0.0620. The maximum atomic E-state index is 12.8. The van der Waals surface area contributed by atoms with Gasteiger partial charge in [-0.05, 0) is 61.5 Å². The van der Waals surface area contributed by atoms with E-state index < -0.39 is 0 Å². The van der Waals surface area contributed by atoms with Crippen molar-refractivity contribution in [2.75, 3.05) is 32.8 Å². The van der Waals surface area contributed by atoms with Crippen LogP contribution in [0.5, 0.6) is 0 Å². The molecule has 1 aromatic heterocycles. The van der Waals surface area contributed by atoms with E-state index in [1.165, 1.54) is 37.1 Å². The van der Waals surface area contributed by atoms with Crippen LogP contribution < -0.4 is 5.32 Å². The third-order valence-corrected chi connectivity index (χ3v) is 6.08. The van der Waals surface area contributed by atoms with Gasteiger partial charge in [0.2, 0.25) is 0 Å². The number of fused-ring (bicyclic) bond motifs is 4. The van der Waals surface area contributed by atoms with E-state index in [1.807, 2.05) is 6.07 Å². The van der Waals surface area contributed by atoms with Crippen LogP contribution >= 0.6 is 0 Å². The predicted octanol–water partition coefficient (Wildman–Crippen LogP) is 2.19. The Kier molecular flexibility index (Phi) is 4.02. The average Bonchev–Trinajstić information content (AvgIpc) is 3.13. The summed E-state index contributed by atoms with van der Waals surface area (Å²) in [7, 11) is 0. The highest BCUT2D eigenvalue weighted by Crippen LogP contribution is 2.29. The van der Waals surface area contributed by atoms with Gasteiger partial charge in [0.25, 0.3) is 5.91 Å². The minimum absolute atomic E-state index is 0.0620. The van der Waals surface area contributed by atoms with E-state index in [0.717, 1.165) is 30.5 Å². The molecule has 136 valence electrons. The van der Waals surface area contributed by atoms with Crippen LogP contribution in [0, 0.1) is 5.92 Å². The summed E-state index contributed by atoms with van der Waals surface area (Å²) >= 11 is 0. The Balaban J connectivity index is 1.37. The van der Waals surface area contributed by atoms with Gasteiger partial charge in [-0.3, -0.25) is 9.89 Å². The second-order valence-corrected chi connectivity index (χ2v) is 7.60. The van der Waals surface area contributed by atoms with Gasteiger partial charge < -0.3 is 15.0 Å². The molecule has 2 bridgehead atoms. The van der Waals surface area contributed by atoms with Gasteiger partial charge in [0, 0.05) is 18.0 Å². The van der Waals surface area contributed by atoms with Gasteiger partial charge >= 0.3 is 0 Å². The van der Waals surface area contributed by atoms with Crippen molar-refractivity contribution in [2.45, 2.75) is 25.3 Å². The molecule has 6 heteroatoms. The van der Waals surface area contributed by atoms with E-state index >= 15 is 0 Å². The largest absolute Gasteiger partial charge is 0.377 e.